The number of hydrogen-bond acceptors (Lipinski definition) is 2. The molecule has 26 heavy (non-hydrogen) atoms. The molecule has 1 unspecified atom stereocenters. The molecule has 0 amide bonds. The van der Waals surface area contributed by atoms with Gasteiger partial charge in [-0.05, 0) is 35.1 Å². The molecule has 0 saturated carbocycles. The van der Waals surface area contributed by atoms with Gasteiger partial charge in [0.1, 0.15) is 0 Å². The van der Waals surface area contributed by atoms with Gasteiger partial charge in [-0.3, -0.25) is 0 Å². The first-order chi connectivity index (χ1) is 12.7. The Hall–Kier alpha value is -2.32. The number of ether oxygens (including phenoxy) is 1. The molecule has 3 rings (SSSR count). The van der Waals surface area contributed by atoms with E-state index in [-0.39, 0.29) is 6.10 Å². The Morgan fingerprint density at radius 1 is 1.00 bits per heavy atom. The zero-order valence-corrected chi connectivity index (χ0v) is 16.1. The number of methoxy groups -OCH3 is 1. The van der Waals surface area contributed by atoms with Crippen molar-refractivity contribution in [1.29, 1.82) is 0 Å². The van der Waals surface area contributed by atoms with E-state index in [1.54, 1.807) is 7.11 Å². The van der Waals surface area contributed by atoms with Crippen LogP contribution in [0.25, 0.3) is 11.1 Å². The van der Waals surface area contributed by atoms with Gasteiger partial charge in [0.15, 0.2) is 0 Å². The van der Waals surface area contributed by atoms with Crippen LogP contribution in [0.3, 0.4) is 0 Å². The van der Waals surface area contributed by atoms with Crippen LogP contribution >= 0.6 is 0 Å². The van der Waals surface area contributed by atoms with Gasteiger partial charge in [-0.15, -0.1) is 0 Å². The molecule has 0 bridgehead atoms. The lowest BCUT2D eigenvalue weighted by atomic mass is 10.0. The summed E-state index contributed by atoms with van der Waals surface area (Å²) in [4.78, 5) is 2.48. The summed E-state index contributed by atoms with van der Waals surface area (Å²) in [5, 5.41) is 0. The van der Waals surface area contributed by atoms with Crippen molar-refractivity contribution in [2.24, 2.45) is 5.92 Å². The van der Waals surface area contributed by atoms with Crippen molar-refractivity contribution >= 4 is 0 Å². The number of allylic oxidation sites excluding steroid dienone is 1. The van der Waals surface area contributed by atoms with Gasteiger partial charge in [0, 0.05) is 25.9 Å². The Kier molecular flexibility index (Phi) is 6.30. The van der Waals surface area contributed by atoms with Crippen LogP contribution in [-0.4, -0.2) is 24.7 Å². The Morgan fingerprint density at radius 2 is 1.69 bits per heavy atom. The van der Waals surface area contributed by atoms with E-state index in [0.717, 1.165) is 19.5 Å². The first-order valence-electron chi connectivity index (χ1n) is 9.46. The maximum absolute atomic E-state index is 5.42. The number of benzene rings is 2. The average Bonchev–Trinajstić information content (AvgIpc) is 2.68. The van der Waals surface area contributed by atoms with Crippen LogP contribution in [0.2, 0.25) is 0 Å². The summed E-state index contributed by atoms with van der Waals surface area (Å²) in [6.07, 6.45) is 7.84. The molecule has 0 N–H and O–H groups in total. The third-order valence-electron chi connectivity index (χ3n) is 4.73. The topological polar surface area (TPSA) is 12.5 Å². The lowest BCUT2D eigenvalue weighted by Gasteiger charge is -2.30. The van der Waals surface area contributed by atoms with Gasteiger partial charge in [-0.2, -0.15) is 0 Å². The summed E-state index contributed by atoms with van der Waals surface area (Å²) in [5.74, 6) is 0.619. The van der Waals surface area contributed by atoms with E-state index in [2.05, 4.69) is 91.6 Å². The second-order valence-electron chi connectivity index (χ2n) is 7.34. The molecule has 0 spiro atoms. The van der Waals surface area contributed by atoms with Gasteiger partial charge < -0.3 is 9.64 Å². The second kappa shape index (κ2) is 8.86. The largest absolute Gasteiger partial charge is 0.377 e. The summed E-state index contributed by atoms with van der Waals surface area (Å²) in [6, 6.07) is 19.5. The average molecular weight is 348 g/mol. The van der Waals surface area contributed by atoms with E-state index in [9.17, 15) is 0 Å². The van der Waals surface area contributed by atoms with Crippen molar-refractivity contribution in [3.63, 3.8) is 0 Å². The highest BCUT2D eigenvalue weighted by Gasteiger charge is 2.14. The zero-order valence-electron chi connectivity index (χ0n) is 16.1. The standard InChI is InChI=1S/C24H29NO/c1-19(2)17-25(23-13-15-24(26-3)16-14-23)18-20-9-11-22(12-10-20)21-7-5-4-6-8-21/h4-15,19,24H,16-18H2,1-3H3. The summed E-state index contributed by atoms with van der Waals surface area (Å²) < 4.78 is 5.42. The van der Waals surface area contributed by atoms with Gasteiger partial charge >= 0.3 is 0 Å². The molecule has 2 aromatic carbocycles. The van der Waals surface area contributed by atoms with Crippen LogP contribution in [0.5, 0.6) is 0 Å². The van der Waals surface area contributed by atoms with Crippen molar-refractivity contribution in [3.8, 4) is 11.1 Å². The fourth-order valence-electron chi connectivity index (χ4n) is 3.35. The molecule has 0 saturated heterocycles. The fourth-order valence-corrected chi connectivity index (χ4v) is 3.35. The summed E-state index contributed by atoms with van der Waals surface area (Å²) >= 11 is 0. The fraction of sp³-hybridized carbons (Fsp3) is 0.333. The Bertz CT molecular complexity index is 744. The molecule has 0 fully saturated rings. The highest BCUT2D eigenvalue weighted by atomic mass is 16.5. The number of hydrogen-bond donors (Lipinski definition) is 0. The highest BCUT2D eigenvalue weighted by Crippen LogP contribution is 2.23. The van der Waals surface area contributed by atoms with E-state index in [4.69, 9.17) is 4.74 Å². The van der Waals surface area contributed by atoms with Crippen LogP contribution in [0.15, 0.2) is 78.5 Å². The Morgan fingerprint density at radius 3 is 2.27 bits per heavy atom. The molecule has 2 heteroatoms. The summed E-state index contributed by atoms with van der Waals surface area (Å²) in [7, 11) is 1.77. The lowest BCUT2D eigenvalue weighted by molar-refractivity contribution is 0.141. The van der Waals surface area contributed by atoms with Crippen molar-refractivity contribution < 1.29 is 4.74 Å². The molecule has 2 nitrogen and oxygen atoms in total. The Balaban J connectivity index is 1.73. The molecule has 0 radical (unpaired) electrons. The minimum Gasteiger partial charge on any atom is -0.377 e. The van der Waals surface area contributed by atoms with Gasteiger partial charge in [-0.1, -0.05) is 80.6 Å². The molecule has 1 aliphatic carbocycles. The van der Waals surface area contributed by atoms with Crippen LogP contribution in [0.1, 0.15) is 25.8 Å². The molecule has 0 aliphatic heterocycles. The van der Waals surface area contributed by atoms with Crippen LogP contribution in [-0.2, 0) is 11.3 Å². The maximum Gasteiger partial charge on any atom is 0.0791 e. The van der Waals surface area contributed by atoms with Crippen LogP contribution in [0.4, 0.5) is 0 Å². The predicted molar refractivity (Wildman–Crippen MR) is 110 cm³/mol. The second-order valence-corrected chi connectivity index (χ2v) is 7.34. The van der Waals surface area contributed by atoms with E-state index >= 15 is 0 Å². The molecule has 0 heterocycles. The van der Waals surface area contributed by atoms with Crippen molar-refractivity contribution in [3.05, 3.63) is 84.1 Å². The lowest BCUT2D eigenvalue weighted by Crippen LogP contribution is -2.27. The van der Waals surface area contributed by atoms with E-state index in [0.29, 0.717) is 5.92 Å². The van der Waals surface area contributed by atoms with Gasteiger partial charge in [0.05, 0.1) is 6.10 Å². The van der Waals surface area contributed by atoms with E-state index in [1.165, 1.54) is 22.4 Å². The third-order valence-corrected chi connectivity index (χ3v) is 4.73. The molecular formula is C24H29NO. The number of rotatable bonds is 7. The van der Waals surface area contributed by atoms with Gasteiger partial charge in [0.25, 0.3) is 0 Å². The summed E-state index contributed by atoms with van der Waals surface area (Å²) in [6.45, 7) is 6.53. The molecule has 136 valence electrons. The minimum atomic E-state index is 0.213. The minimum absolute atomic E-state index is 0.213. The SMILES string of the molecule is COC1C=CC(N(Cc2ccc(-c3ccccc3)cc2)CC(C)C)=CC1. The van der Waals surface area contributed by atoms with E-state index in [1.807, 2.05) is 0 Å². The van der Waals surface area contributed by atoms with E-state index < -0.39 is 0 Å². The normalized spacial score (nSPS) is 16.6. The zero-order chi connectivity index (χ0) is 18.4. The molecule has 2 aromatic rings. The number of nitrogens with zero attached hydrogens (tertiary/aromatic N) is 1. The first kappa shape index (κ1) is 18.5. The molecule has 0 aromatic heterocycles. The third kappa shape index (κ3) is 4.86. The predicted octanol–water partition coefficient (Wildman–Crippen LogP) is 5.67. The van der Waals surface area contributed by atoms with Crippen molar-refractivity contribution in [2.75, 3.05) is 13.7 Å². The van der Waals surface area contributed by atoms with Crippen LogP contribution < -0.4 is 0 Å². The highest BCUT2D eigenvalue weighted by molar-refractivity contribution is 5.63. The smallest absolute Gasteiger partial charge is 0.0791 e. The van der Waals surface area contributed by atoms with Crippen molar-refractivity contribution in [2.45, 2.75) is 32.9 Å². The molecule has 1 atom stereocenters. The quantitative estimate of drug-likeness (QED) is 0.640. The monoisotopic (exact) mass is 347 g/mol. The van der Waals surface area contributed by atoms with Gasteiger partial charge in [-0.25, -0.2) is 0 Å². The molecular weight excluding hydrogens is 318 g/mol. The molecule has 1 aliphatic rings. The van der Waals surface area contributed by atoms with Crippen LogP contribution in [0, 0.1) is 5.92 Å². The van der Waals surface area contributed by atoms with Gasteiger partial charge in [0.2, 0.25) is 0 Å². The Labute approximate surface area is 157 Å². The van der Waals surface area contributed by atoms with Crippen molar-refractivity contribution in [1.82, 2.24) is 4.90 Å². The first-order valence-corrected chi connectivity index (χ1v) is 9.46. The summed E-state index contributed by atoms with van der Waals surface area (Å²) in [5.41, 5.74) is 5.18. The maximum atomic E-state index is 5.42.